The molecule has 7 heteroatoms. The van der Waals surface area contributed by atoms with E-state index in [4.69, 9.17) is 5.11 Å². The van der Waals surface area contributed by atoms with Gasteiger partial charge in [-0.05, 0) is 24.6 Å². The molecule has 1 saturated heterocycles. The Morgan fingerprint density at radius 1 is 1.48 bits per heavy atom. The number of rotatable bonds is 4. The molecular weight excluding hydrogens is 292 g/mol. The van der Waals surface area contributed by atoms with E-state index in [1.165, 1.54) is 11.8 Å². The number of nitrogens with one attached hydrogen (secondary N) is 2. The van der Waals surface area contributed by atoms with Gasteiger partial charge in [0, 0.05) is 17.9 Å². The number of anilines is 1. The van der Waals surface area contributed by atoms with E-state index in [1.807, 2.05) is 25.1 Å². The third-order valence-corrected chi connectivity index (χ3v) is 4.35. The maximum absolute atomic E-state index is 11.9. The first kappa shape index (κ1) is 15.4. The molecule has 0 aliphatic carbocycles. The van der Waals surface area contributed by atoms with Gasteiger partial charge < -0.3 is 15.7 Å². The van der Waals surface area contributed by atoms with Crippen LogP contribution >= 0.6 is 11.8 Å². The molecule has 2 rings (SSSR count). The molecule has 0 radical (unpaired) electrons. The van der Waals surface area contributed by atoms with Gasteiger partial charge in [-0.3, -0.25) is 9.59 Å². The van der Waals surface area contributed by atoms with Gasteiger partial charge in [0.2, 0.25) is 11.8 Å². The molecule has 1 aliphatic heterocycles. The fraction of sp³-hybridized carbons (Fsp3) is 0.357. The van der Waals surface area contributed by atoms with Crippen molar-refractivity contribution in [2.75, 3.05) is 11.1 Å². The average molecular weight is 308 g/mol. The number of amides is 2. The van der Waals surface area contributed by atoms with Crippen LogP contribution in [0.4, 0.5) is 5.69 Å². The Morgan fingerprint density at radius 2 is 2.24 bits per heavy atom. The van der Waals surface area contributed by atoms with Crippen LogP contribution in [0.2, 0.25) is 0 Å². The zero-order chi connectivity index (χ0) is 15.4. The molecule has 3 N–H and O–H groups in total. The monoisotopic (exact) mass is 308 g/mol. The molecule has 112 valence electrons. The van der Waals surface area contributed by atoms with Crippen molar-refractivity contribution >= 4 is 35.2 Å². The lowest BCUT2D eigenvalue weighted by molar-refractivity contribution is -0.141. The second kappa shape index (κ2) is 6.62. The van der Waals surface area contributed by atoms with Crippen LogP contribution in [0.5, 0.6) is 0 Å². The molecule has 2 amide bonds. The Morgan fingerprint density at radius 3 is 2.86 bits per heavy atom. The first-order valence-corrected chi connectivity index (χ1v) is 7.52. The smallest absolute Gasteiger partial charge is 0.327 e. The first-order chi connectivity index (χ1) is 9.95. The van der Waals surface area contributed by atoms with Crippen molar-refractivity contribution in [1.29, 1.82) is 0 Å². The van der Waals surface area contributed by atoms with Gasteiger partial charge in [0.15, 0.2) is 0 Å². The Bertz CT molecular complexity index is 576. The Labute approximate surface area is 126 Å². The molecule has 1 aromatic rings. The average Bonchev–Trinajstić information content (AvgIpc) is 2.40. The number of carbonyl (C=O) groups is 3. The largest absolute Gasteiger partial charge is 0.480 e. The van der Waals surface area contributed by atoms with Gasteiger partial charge in [-0.15, -0.1) is 11.8 Å². The molecule has 21 heavy (non-hydrogen) atoms. The van der Waals surface area contributed by atoms with E-state index in [2.05, 4.69) is 10.6 Å². The molecule has 6 nitrogen and oxygen atoms in total. The Hall–Kier alpha value is -2.02. The Balaban J connectivity index is 1.89. The molecule has 0 bridgehead atoms. The van der Waals surface area contributed by atoms with Crippen LogP contribution in [0.3, 0.4) is 0 Å². The number of hydrogen-bond donors (Lipinski definition) is 3. The highest BCUT2D eigenvalue weighted by Gasteiger charge is 2.33. The molecule has 1 aliphatic rings. The van der Waals surface area contributed by atoms with E-state index in [9.17, 15) is 14.4 Å². The van der Waals surface area contributed by atoms with Gasteiger partial charge in [0.05, 0.1) is 5.25 Å². The summed E-state index contributed by atoms with van der Waals surface area (Å²) >= 11 is 1.20. The van der Waals surface area contributed by atoms with E-state index in [0.717, 1.165) is 5.56 Å². The number of carboxylic acid groups (broad SMARTS) is 1. The highest BCUT2D eigenvalue weighted by molar-refractivity contribution is 8.00. The molecule has 1 aromatic carbocycles. The van der Waals surface area contributed by atoms with E-state index in [0.29, 0.717) is 5.69 Å². The van der Waals surface area contributed by atoms with Crippen molar-refractivity contribution in [3.63, 3.8) is 0 Å². The molecule has 2 atom stereocenters. The summed E-state index contributed by atoms with van der Waals surface area (Å²) in [4.78, 5) is 34.5. The second-order valence-electron chi connectivity index (χ2n) is 4.84. The summed E-state index contributed by atoms with van der Waals surface area (Å²) in [6, 6.07) is 6.50. The predicted molar refractivity (Wildman–Crippen MR) is 80.2 cm³/mol. The van der Waals surface area contributed by atoms with Gasteiger partial charge in [0.1, 0.15) is 6.04 Å². The fourth-order valence-corrected chi connectivity index (χ4v) is 3.12. The SMILES string of the molecule is Cc1cccc(NC(=O)C[C@H]2SC[C@@H](C(=O)O)NC2=O)c1. The van der Waals surface area contributed by atoms with Gasteiger partial charge in [-0.2, -0.15) is 0 Å². The van der Waals surface area contributed by atoms with Crippen molar-refractivity contribution in [1.82, 2.24) is 5.32 Å². The van der Waals surface area contributed by atoms with Crippen LogP contribution < -0.4 is 10.6 Å². The van der Waals surface area contributed by atoms with Crippen molar-refractivity contribution in [3.8, 4) is 0 Å². The highest BCUT2D eigenvalue weighted by Crippen LogP contribution is 2.22. The number of aryl methyl sites for hydroxylation is 1. The lowest BCUT2D eigenvalue weighted by Crippen LogP contribution is -2.51. The van der Waals surface area contributed by atoms with Gasteiger partial charge in [-0.1, -0.05) is 12.1 Å². The second-order valence-corrected chi connectivity index (χ2v) is 6.08. The summed E-state index contributed by atoms with van der Waals surface area (Å²) in [6.45, 7) is 1.92. The highest BCUT2D eigenvalue weighted by atomic mass is 32.2. The van der Waals surface area contributed by atoms with Crippen LogP contribution in [-0.4, -0.2) is 39.9 Å². The minimum Gasteiger partial charge on any atom is -0.480 e. The number of aliphatic carboxylic acids is 1. The number of thioether (sulfide) groups is 1. The van der Waals surface area contributed by atoms with Crippen LogP contribution in [0.15, 0.2) is 24.3 Å². The van der Waals surface area contributed by atoms with E-state index in [-0.39, 0.29) is 18.1 Å². The molecule has 1 heterocycles. The predicted octanol–water partition coefficient (Wildman–Crippen LogP) is 1.01. The lowest BCUT2D eigenvalue weighted by Gasteiger charge is -2.25. The minimum atomic E-state index is -1.06. The summed E-state index contributed by atoms with van der Waals surface area (Å²) in [6.07, 6.45) is 0.0246. The van der Waals surface area contributed by atoms with Crippen LogP contribution in [0, 0.1) is 6.92 Å². The maximum Gasteiger partial charge on any atom is 0.327 e. The van der Waals surface area contributed by atoms with Gasteiger partial charge in [0.25, 0.3) is 0 Å². The summed E-state index contributed by atoms with van der Waals surface area (Å²) in [7, 11) is 0. The van der Waals surface area contributed by atoms with Crippen LogP contribution in [0.25, 0.3) is 0 Å². The fourth-order valence-electron chi connectivity index (χ4n) is 1.98. The first-order valence-electron chi connectivity index (χ1n) is 6.47. The molecule has 1 fully saturated rings. The third-order valence-electron chi connectivity index (χ3n) is 3.04. The minimum absolute atomic E-state index is 0.0246. The van der Waals surface area contributed by atoms with Gasteiger partial charge >= 0.3 is 5.97 Å². The third kappa shape index (κ3) is 4.22. The normalized spacial score (nSPS) is 21.5. The maximum atomic E-state index is 11.9. The van der Waals surface area contributed by atoms with E-state index in [1.54, 1.807) is 6.07 Å². The van der Waals surface area contributed by atoms with Crippen molar-refractivity contribution in [3.05, 3.63) is 29.8 Å². The summed E-state index contributed by atoms with van der Waals surface area (Å²) < 4.78 is 0. The van der Waals surface area contributed by atoms with Crippen molar-refractivity contribution < 1.29 is 19.5 Å². The summed E-state index contributed by atoms with van der Waals surface area (Å²) in [5, 5.41) is 13.4. The van der Waals surface area contributed by atoms with E-state index >= 15 is 0 Å². The standard InChI is InChI=1S/C14H16N2O4S/c1-8-3-2-4-9(5-8)15-12(17)6-11-13(18)16-10(7-21-11)14(19)20/h2-5,10-11H,6-7H2,1H3,(H,15,17)(H,16,18)(H,19,20)/t10-,11+/m0/s1. The Kier molecular flexibility index (Phi) is 4.85. The molecule has 0 saturated carbocycles. The molecule has 0 unspecified atom stereocenters. The number of benzene rings is 1. The molecule has 0 spiro atoms. The van der Waals surface area contributed by atoms with Crippen LogP contribution in [0.1, 0.15) is 12.0 Å². The van der Waals surface area contributed by atoms with Crippen molar-refractivity contribution in [2.24, 2.45) is 0 Å². The molecule has 0 aromatic heterocycles. The van der Waals surface area contributed by atoms with E-state index < -0.39 is 23.2 Å². The number of hydrogen-bond acceptors (Lipinski definition) is 4. The number of carbonyl (C=O) groups excluding carboxylic acids is 2. The zero-order valence-electron chi connectivity index (χ0n) is 11.5. The quantitative estimate of drug-likeness (QED) is 0.771. The lowest BCUT2D eigenvalue weighted by atomic mass is 10.2. The zero-order valence-corrected chi connectivity index (χ0v) is 12.3. The van der Waals surface area contributed by atoms with Crippen LogP contribution in [-0.2, 0) is 14.4 Å². The summed E-state index contributed by atoms with van der Waals surface area (Å²) in [5.74, 6) is -1.46. The molecular formula is C14H16N2O4S. The number of carboxylic acids is 1. The van der Waals surface area contributed by atoms with Gasteiger partial charge in [-0.25, -0.2) is 4.79 Å². The topological polar surface area (TPSA) is 95.5 Å². The van der Waals surface area contributed by atoms with Crippen molar-refractivity contribution in [2.45, 2.75) is 24.6 Å². The summed E-state index contributed by atoms with van der Waals surface area (Å²) in [5.41, 5.74) is 1.71.